The van der Waals surface area contributed by atoms with Gasteiger partial charge in [-0.25, -0.2) is 8.42 Å². The fourth-order valence-corrected chi connectivity index (χ4v) is 6.08. The Labute approximate surface area is 193 Å². The molecule has 2 saturated carbocycles. The van der Waals surface area contributed by atoms with E-state index in [0.717, 1.165) is 29.5 Å². The Balaban J connectivity index is 1.22. The Morgan fingerprint density at radius 3 is 2.15 bits per heavy atom. The summed E-state index contributed by atoms with van der Waals surface area (Å²) in [5.74, 6) is -0.234. The first kappa shape index (κ1) is 22.1. The third-order valence-corrected chi connectivity index (χ3v) is 8.99. The molecule has 33 heavy (non-hydrogen) atoms. The van der Waals surface area contributed by atoms with Gasteiger partial charge in [0.2, 0.25) is 0 Å². The maximum atomic E-state index is 12.9. The van der Waals surface area contributed by atoms with Crippen LogP contribution in [0.1, 0.15) is 41.6 Å². The minimum absolute atomic E-state index is 0.0635. The summed E-state index contributed by atoms with van der Waals surface area (Å²) in [7, 11) is -3.07. The van der Waals surface area contributed by atoms with Crippen LogP contribution in [0.25, 0.3) is 11.1 Å². The van der Waals surface area contributed by atoms with Gasteiger partial charge in [-0.2, -0.15) is 0 Å². The molecule has 2 aliphatic carbocycles. The molecule has 1 saturated heterocycles. The van der Waals surface area contributed by atoms with Crippen molar-refractivity contribution in [3.63, 3.8) is 0 Å². The number of sulfone groups is 1. The Kier molecular flexibility index (Phi) is 5.53. The van der Waals surface area contributed by atoms with E-state index < -0.39 is 15.4 Å². The van der Waals surface area contributed by atoms with Crippen molar-refractivity contribution >= 4 is 21.7 Å². The monoisotopic (exact) mass is 468 g/mol. The summed E-state index contributed by atoms with van der Waals surface area (Å²) in [6, 6.07) is 14.9. The van der Waals surface area contributed by atoms with Crippen molar-refractivity contribution in [3.8, 4) is 11.1 Å². The van der Waals surface area contributed by atoms with Gasteiger partial charge in [0, 0.05) is 31.7 Å². The lowest BCUT2D eigenvalue weighted by atomic mass is 10.0. The van der Waals surface area contributed by atoms with Crippen LogP contribution in [0.2, 0.25) is 0 Å². The molecular formula is C25H28N2O5S. The van der Waals surface area contributed by atoms with Crippen LogP contribution in [-0.4, -0.2) is 72.2 Å². The number of aliphatic hydroxyl groups is 1. The van der Waals surface area contributed by atoms with E-state index in [2.05, 4.69) is 0 Å². The quantitative estimate of drug-likeness (QED) is 0.702. The molecule has 0 aromatic heterocycles. The van der Waals surface area contributed by atoms with E-state index in [0.29, 0.717) is 44.6 Å². The molecular weight excluding hydrogens is 440 g/mol. The highest BCUT2D eigenvalue weighted by Crippen LogP contribution is 2.37. The summed E-state index contributed by atoms with van der Waals surface area (Å²) in [5, 5.41) is 9.84. The van der Waals surface area contributed by atoms with E-state index in [1.165, 1.54) is 0 Å². The van der Waals surface area contributed by atoms with Gasteiger partial charge >= 0.3 is 0 Å². The zero-order valence-electron chi connectivity index (χ0n) is 18.4. The van der Waals surface area contributed by atoms with Gasteiger partial charge in [0.1, 0.15) is 5.60 Å². The lowest BCUT2D eigenvalue weighted by Crippen LogP contribution is -2.53. The van der Waals surface area contributed by atoms with Gasteiger partial charge in [-0.1, -0.05) is 36.4 Å². The van der Waals surface area contributed by atoms with E-state index in [1.807, 2.05) is 36.4 Å². The summed E-state index contributed by atoms with van der Waals surface area (Å²) in [6.45, 7) is 1.75. The molecule has 174 valence electrons. The standard InChI is InChI=1S/C25H28N2O5S/c28-23(26-12-14-27(15-13-26)24(29)25(30)10-11-25)20-6-4-19(5-7-20)21-3-1-2-18(16-21)17-33(31,32)22-8-9-22/h1-7,16,22,30H,8-15,17H2. The molecule has 0 radical (unpaired) electrons. The molecule has 1 N–H and O–H groups in total. The summed E-state index contributed by atoms with van der Waals surface area (Å²) in [6.07, 6.45) is 2.59. The number of rotatable bonds is 6. The highest BCUT2D eigenvalue weighted by atomic mass is 32.2. The minimum atomic E-state index is -3.07. The van der Waals surface area contributed by atoms with Crippen LogP contribution in [0.15, 0.2) is 48.5 Å². The first-order chi connectivity index (χ1) is 15.7. The molecule has 5 rings (SSSR count). The molecule has 2 amide bonds. The van der Waals surface area contributed by atoms with Gasteiger partial charge < -0.3 is 14.9 Å². The van der Waals surface area contributed by atoms with E-state index in [1.54, 1.807) is 21.9 Å². The number of piperazine rings is 1. The SMILES string of the molecule is O=C(c1ccc(-c2cccc(CS(=O)(=O)C3CC3)c2)cc1)N1CCN(C(=O)C2(O)CC2)CC1. The number of hydrogen-bond donors (Lipinski definition) is 1. The zero-order valence-corrected chi connectivity index (χ0v) is 19.3. The normalized spacial score (nSPS) is 19.9. The summed E-state index contributed by atoms with van der Waals surface area (Å²) < 4.78 is 24.6. The lowest BCUT2D eigenvalue weighted by Gasteiger charge is -2.35. The Bertz CT molecular complexity index is 1180. The fourth-order valence-electron chi connectivity index (χ4n) is 4.35. The minimum Gasteiger partial charge on any atom is -0.380 e. The third-order valence-electron chi connectivity index (χ3n) is 6.77. The summed E-state index contributed by atoms with van der Waals surface area (Å²) in [4.78, 5) is 28.6. The molecule has 0 bridgehead atoms. The number of amides is 2. The smallest absolute Gasteiger partial charge is 0.254 e. The molecule has 0 spiro atoms. The molecule has 8 heteroatoms. The average molecular weight is 469 g/mol. The van der Waals surface area contributed by atoms with Crippen molar-refractivity contribution in [3.05, 3.63) is 59.7 Å². The average Bonchev–Trinajstić information content (AvgIpc) is 3.75. The molecule has 1 heterocycles. The van der Waals surface area contributed by atoms with Crippen molar-refractivity contribution in [2.24, 2.45) is 0 Å². The molecule has 3 fully saturated rings. The van der Waals surface area contributed by atoms with Gasteiger partial charge in [0.15, 0.2) is 9.84 Å². The fraction of sp³-hybridized carbons (Fsp3) is 0.440. The van der Waals surface area contributed by atoms with Crippen molar-refractivity contribution in [1.29, 1.82) is 0 Å². The van der Waals surface area contributed by atoms with Crippen LogP contribution in [0, 0.1) is 0 Å². The molecule has 2 aromatic rings. The second kappa shape index (κ2) is 8.25. The van der Waals surface area contributed by atoms with Crippen molar-refractivity contribution in [2.75, 3.05) is 26.2 Å². The number of carbonyl (C=O) groups is 2. The largest absolute Gasteiger partial charge is 0.380 e. The summed E-state index contributed by atoms with van der Waals surface area (Å²) in [5.41, 5.74) is 2.03. The number of benzene rings is 2. The van der Waals surface area contributed by atoms with Crippen LogP contribution in [-0.2, 0) is 20.4 Å². The van der Waals surface area contributed by atoms with E-state index in [4.69, 9.17) is 0 Å². The number of nitrogens with zero attached hydrogens (tertiary/aromatic N) is 2. The maximum absolute atomic E-state index is 12.9. The predicted molar refractivity (Wildman–Crippen MR) is 124 cm³/mol. The molecule has 0 unspecified atom stereocenters. The van der Waals surface area contributed by atoms with Gasteiger partial charge in [0.25, 0.3) is 11.8 Å². The Morgan fingerprint density at radius 2 is 1.55 bits per heavy atom. The van der Waals surface area contributed by atoms with E-state index in [-0.39, 0.29) is 22.8 Å². The topological polar surface area (TPSA) is 95.0 Å². The lowest BCUT2D eigenvalue weighted by molar-refractivity contribution is -0.143. The molecule has 7 nitrogen and oxygen atoms in total. The second-order valence-electron chi connectivity index (χ2n) is 9.40. The van der Waals surface area contributed by atoms with Crippen molar-refractivity contribution < 1.29 is 23.1 Å². The van der Waals surface area contributed by atoms with Crippen LogP contribution >= 0.6 is 0 Å². The van der Waals surface area contributed by atoms with Crippen molar-refractivity contribution in [1.82, 2.24) is 9.80 Å². The Morgan fingerprint density at radius 1 is 0.909 bits per heavy atom. The predicted octanol–water partition coefficient (Wildman–Crippen LogP) is 2.24. The van der Waals surface area contributed by atoms with Crippen LogP contribution < -0.4 is 0 Å². The van der Waals surface area contributed by atoms with Gasteiger partial charge in [0.05, 0.1) is 11.0 Å². The maximum Gasteiger partial charge on any atom is 0.254 e. The van der Waals surface area contributed by atoms with Gasteiger partial charge in [-0.05, 0) is 54.5 Å². The Hall–Kier alpha value is -2.71. The first-order valence-corrected chi connectivity index (χ1v) is 13.2. The highest BCUT2D eigenvalue weighted by Gasteiger charge is 2.50. The van der Waals surface area contributed by atoms with Crippen LogP contribution in [0.4, 0.5) is 0 Å². The van der Waals surface area contributed by atoms with Crippen LogP contribution in [0.3, 0.4) is 0 Å². The van der Waals surface area contributed by atoms with Crippen LogP contribution in [0.5, 0.6) is 0 Å². The van der Waals surface area contributed by atoms with Crippen molar-refractivity contribution in [2.45, 2.75) is 42.3 Å². The first-order valence-electron chi connectivity index (χ1n) is 11.5. The van der Waals surface area contributed by atoms with Gasteiger partial charge in [-0.3, -0.25) is 9.59 Å². The highest BCUT2D eigenvalue weighted by molar-refractivity contribution is 7.91. The molecule has 1 aliphatic heterocycles. The molecule has 0 atom stereocenters. The van der Waals surface area contributed by atoms with E-state index >= 15 is 0 Å². The number of hydrogen-bond acceptors (Lipinski definition) is 5. The van der Waals surface area contributed by atoms with Gasteiger partial charge in [-0.15, -0.1) is 0 Å². The third kappa shape index (κ3) is 4.68. The molecule has 2 aromatic carbocycles. The summed E-state index contributed by atoms with van der Waals surface area (Å²) >= 11 is 0. The molecule has 3 aliphatic rings. The zero-order chi connectivity index (χ0) is 23.2. The number of carbonyl (C=O) groups excluding carboxylic acids is 2. The van der Waals surface area contributed by atoms with E-state index in [9.17, 15) is 23.1 Å². The second-order valence-corrected chi connectivity index (χ2v) is 11.7.